The van der Waals surface area contributed by atoms with Crippen LogP contribution in [-0.2, 0) is 4.79 Å². The second-order valence-electron chi connectivity index (χ2n) is 7.13. The van der Waals surface area contributed by atoms with E-state index in [9.17, 15) is 14.4 Å². The minimum absolute atomic E-state index is 0.0102. The van der Waals surface area contributed by atoms with Crippen LogP contribution in [0.4, 0.5) is 5.69 Å². The molecular formula is C23H14ClN5O3S. The number of tetrazole rings is 1. The molecule has 1 amide bonds. The predicted octanol–water partition coefficient (Wildman–Crippen LogP) is 3.82. The van der Waals surface area contributed by atoms with E-state index in [0.29, 0.717) is 16.3 Å². The Kier molecular flexibility index (Phi) is 5.49. The van der Waals surface area contributed by atoms with Crippen LogP contribution in [-0.4, -0.2) is 43.4 Å². The van der Waals surface area contributed by atoms with Crippen molar-refractivity contribution >= 4 is 46.5 Å². The first kappa shape index (κ1) is 21.0. The number of anilines is 1. The number of hydrogen-bond donors (Lipinski definition) is 1. The lowest BCUT2D eigenvalue weighted by Crippen LogP contribution is -2.22. The Bertz CT molecular complexity index is 1420. The first-order chi connectivity index (χ1) is 16.0. The van der Waals surface area contributed by atoms with E-state index in [1.807, 2.05) is 30.3 Å². The lowest BCUT2D eigenvalue weighted by atomic mass is 9.84. The molecule has 0 aliphatic heterocycles. The van der Waals surface area contributed by atoms with E-state index in [1.54, 1.807) is 24.3 Å². The molecule has 4 aromatic rings. The van der Waals surface area contributed by atoms with Crippen molar-refractivity contribution in [2.24, 2.45) is 0 Å². The molecule has 0 unspecified atom stereocenters. The average molecular weight is 476 g/mol. The highest BCUT2D eigenvalue weighted by atomic mass is 35.5. The third-order valence-corrected chi connectivity index (χ3v) is 6.29. The minimum Gasteiger partial charge on any atom is -0.324 e. The van der Waals surface area contributed by atoms with Gasteiger partial charge in [-0.05, 0) is 34.7 Å². The molecular weight excluding hydrogens is 462 g/mol. The summed E-state index contributed by atoms with van der Waals surface area (Å²) in [4.78, 5) is 38.3. The lowest BCUT2D eigenvalue weighted by molar-refractivity contribution is -0.113. The molecule has 162 valence electrons. The first-order valence-electron chi connectivity index (χ1n) is 9.81. The Hall–Kier alpha value is -3.82. The highest BCUT2D eigenvalue weighted by Gasteiger charge is 2.30. The maximum Gasteiger partial charge on any atom is 0.234 e. The van der Waals surface area contributed by atoms with Gasteiger partial charge in [-0.25, -0.2) is 0 Å². The van der Waals surface area contributed by atoms with Gasteiger partial charge in [0, 0.05) is 22.3 Å². The quantitative estimate of drug-likeness (QED) is 0.385. The monoisotopic (exact) mass is 475 g/mol. The number of amides is 1. The van der Waals surface area contributed by atoms with Crippen LogP contribution in [0.25, 0.3) is 5.69 Å². The zero-order valence-corrected chi connectivity index (χ0v) is 18.4. The SMILES string of the molecule is O=C(CSc1nnnn1-c1ccccc1)Nc1cc2c(cc1Cl)C(=O)c1ccccc1C2=O. The molecule has 0 radical (unpaired) electrons. The standard InChI is InChI=1S/C23H14ClN5O3S/c24-18-10-16-17(22(32)15-9-5-4-8-14(15)21(16)31)11-19(18)25-20(30)12-33-23-26-27-28-29(23)13-6-2-1-3-7-13/h1-11H,12H2,(H,25,30). The lowest BCUT2D eigenvalue weighted by Gasteiger charge is -2.19. The maximum atomic E-state index is 12.9. The van der Waals surface area contributed by atoms with Crippen molar-refractivity contribution in [3.05, 3.63) is 94.0 Å². The summed E-state index contributed by atoms with van der Waals surface area (Å²) in [6.45, 7) is 0. The maximum absolute atomic E-state index is 12.9. The number of carbonyl (C=O) groups excluding carboxylic acids is 3. The molecule has 0 spiro atoms. The number of para-hydroxylation sites is 1. The zero-order chi connectivity index (χ0) is 22.9. The number of nitrogens with one attached hydrogen (secondary N) is 1. The second kappa shape index (κ2) is 8.61. The fourth-order valence-electron chi connectivity index (χ4n) is 3.53. The van der Waals surface area contributed by atoms with Crippen LogP contribution in [0.5, 0.6) is 0 Å². The highest BCUT2D eigenvalue weighted by Crippen LogP contribution is 2.33. The van der Waals surface area contributed by atoms with Crippen molar-refractivity contribution in [2.75, 3.05) is 11.1 Å². The average Bonchev–Trinajstić information content (AvgIpc) is 3.31. The largest absolute Gasteiger partial charge is 0.324 e. The number of benzene rings is 3. The molecule has 3 aromatic carbocycles. The van der Waals surface area contributed by atoms with Gasteiger partial charge in [-0.2, -0.15) is 4.68 Å². The van der Waals surface area contributed by atoms with Crippen LogP contribution < -0.4 is 5.32 Å². The number of fused-ring (bicyclic) bond motifs is 2. The van der Waals surface area contributed by atoms with Crippen LogP contribution in [0.3, 0.4) is 0 Å². The van der Waals surface area contributed by atoms with Crippen molar-refractivity contribution in [3.8, 4) is 5.69 Å². The van der Waals surface area contributed by atoms with Crippen LogP contribution >= 0.6 is 23.4 Å². The molecule has 5 rings (SSSR count). The molecule has 1 aliphatic rings. The third kappa shape index (κ3) is 3.92. The summed E-state index contributed by atoms with van der Waals surface area (Å²) < 4.78 is 1.53. The van der Waals surface area contributed by atoms with Gasteiger partial charge in [-0.15, -0.1) is 5.10 Å². The molecule has 0 fully saturated rings. The topological polar surface area (TPSA) is 107 Å². The highest BCUT2D eigenvalue weighted by molar-refractivity contribution is 7.99. The van der Waals surface area contributed by atoms with Gasteiger partial charge in [0.2, 0.25) is 11.1 Å². The smallest absolute Gasteiger partial charge is 0.234 e. The Balaban J connectivity index is 1.34. The van der Waals surface area contributed by atoms with Crippen LogP contribution in [0.1, 0.15) is 31.8 Å². The van der Waals surface area contributed by atoms with Gasteiger partial charge >= 0.3 is 0 Å². The second-order valence-corrected chi connectivity index (χ2v) is 8.48. The van der Waals surface area contributed by atoms with Crippen molar-refractivity contribution in [2.45, 2.75) is 5.16 Å². The van der Waals surface area contributed by atoms with Gasteiger partial charge in [0.15, 0.2) is 11.6 Å². The number of carbonyl (C=O) groups is 3. The van der Waals surface area contributed by atoms with E-state index in [-0.39, 0.29) is 45.1 Å². The summed E-state index contributed by atoms with van der Waals surface area (Å²) in [5, 5.41) is 14.9. The van der Waals surface area contributed by atoms with E-state index >= 15 is 0 Å². The van der Waals surface area contributed by atoms with E-state index in [1.165, 1.54) is 16.8 Å². The fraction of sp³-hybridized carbons (Fsp3) is 0.0435. The van der Waals surface area contributed by atoms with Crippen LogP contribution in [0.15, 0.2) is 71.9 Å². The van der Waals surface area contributed by atoms with E-state index in [0.717, 1.165) is 17.4 Å². The normalized spacial score (nSPS) is 12.3. The van der Waals surface area contributed by atoms with Crippen molar-refractivity contribution in [3.63, 3.8) is 0 Å². The van der Waals surface area contributed by atoms with Crippen molar-refractivity contribution in [1.29, 1.82) is 0 Å². The summed E-state index contributed by atoms with van der Waals surface area (Å²) in [6, 6.07) is 18.8. The predicted molar refractivity (Wildman–Crippen MR) is 123 cm³/mol. The van der Waals surface area contributed by atoms with Gasteiger partial charge in [-0.3, -0.25) is 14.4 Å². The van der Waals surface area contributed by atoms with E-state index in [4.69, 9.17) is 11.6 Å². The molecule has 1 heterocycles. The Morgan fingerprint density at radius 1 is 0.909 bits per heavy atom. The van der Waals surface area contributed by atoms with Gasteiger partial charge in [-0.1, -0.05) is 65.8 Å². The fourth-order valence-corrected chi connectivity index (χ4v) is 4.43. The number of ketones is 2. The summed E-state index contributed by atoms with van der Waals surface area (Å²) in [5.74, 6) is -0.914. The number of aromatic nitrogens is 4. The molecule has 0 atom stereocenters. The molecule has 10 heteroatoms. The number of hydrogen-bond acceptors (Lipinski definition) is 7. The summed E-state index contributed by atoms with van der Waals surface area (Å²) >= 11 is 7.48. The van der Waals surface area contributed by atoms with E-state index < -0.39 is 0 Å². The van der Waals surface area contributed by atoms with Crippen LogP contribution in [0.2, 0.25) is 5.02 Å². The Morgan fingerprint density at radius 2 is 1.55 bits per heavy atom. The molecule has 8 nitrogen and oxygen atoms in total. The Morgan fingerprint density at radius 3 is 2.24 bits per heavy atom. The molecule has 1 N–H and O–H groups in total. The first-order valence-corrected chi connectivity index (χ1v) is 11.2. The zero-order valence-electron chi connectivity index (χ0n) is 16.9. The molecule has 0 saturated heterocycles. The van der Waals surface area contributed by atoms with Crippen LogP contribution in [0, 0.1) is 0 Å². The summed E-state index contributed by atoms with van der Waals surface area (Å²) in [7, 11) is 0. The minimum atomic E-state index is -0.362. The van der Waals surface area contributed by atoms with Gasteiger partial charge in [0.1, 0.15) is 0 Å². The number of rotatable bonds is 5. The molecule has 1 aliphatic carbocycles. The van der Waals surface area contributed by atoms with Gasteiger partial charge in [0.25, 0.3) is 0 Å². The number of nitrogens with zero attached hydrogens (tertiary/aromatic N) is 4. The molecule has 1 aromatic heterocycles. The van der Waals surface area contributed by atoms with Gasteiger partial charge < -0.3 is 5.32 Å². The molecule has 0 saturated carbocycles. The van der Waals surface area contributed by atoms with Crippen molar-refractivity contribution < 1.29 is 14.4 Å². The van der Waals surface area contributed by atoms with Gasteiger partial charge in [0.05, 0.1) is 22.2 Å². The summed E-state index contributed by atoms with van der Waals surface area (Å²) in [6.07, 6.45) is 0. The number of thioether (sulfide) groups is 1. The van der Waals surface area contributed by atoms with Crippen molar-refractivity contribution in [1.82, 2.24) is 20.2 Å². The molecule has 0 bridgehead atoms. The van der Waals surface area contributed by atoms with E-state index in [2.05, 4.69) is 20.8 Å². The number of halogens is 1. The Labute approximate surface area is 197 Å². The molecule has 33 heavy (non-hydrogen) atoms. The third-order valence-electron chi connectivity index (χ3n) is 5.06. The summed E-state index contributed by atoms with van der Waals surface area (Å²) in [5.41, 5.74) is 2.13.